The lowest BCUT2D eigenvalue weighted by Gasteiger charge is -2.44. The number of hydrogen-bond acceptors (Lipinski definition) is 3. The van der Waals surface area contributed by atoms with E-state index >= 15 is 0 Å². The van der Waals surface area contributed by atoms with Gasteiger partial charge in [-0.25, -0.2) is 0 Å². The molecule has 1 aliphatic heterocycles. The van der Waals surface area contributed by atoms with Crippen LogP contribution in [0.1, 0.15) is 45.4 Å². The second-order valence-electron chi connectivity index (χ2n) is 6.16. The highest BCUT2D eigenvalue weighted by molar-refractivity contribution is 5.78. The minimum Gasteiger partial charge on any atom is -0.480 e. The molecule has 1 aliphatic carbocycles. The molecule has 1 saturated heterocycles. The van der Waals surface area contributed by atoms with Crippen LogP contribution in [0.25, 0.3) is 0 Å². The number of aromatic nitrogens is 2. The lowest BCUT2D eigenvalue weighted by Crippen LogP contribution is -2.51. The number of carbonyl (C=O) groups excluding carboxylic acids is 1. The van der Waals surface area contributed by atoms with Gasteiger partial charge in [0, 0.05) is 19.1 Å². The minimum absolute atomic E-state index is 0.135. The van der Waals surface area contributed by atoms with Gasteiger partial charge in [-0.3, -0.25) is 9.48 Å². The molecule has 1 aromatic heterocycles. The minimum atomic E-state index is 0.135. The highest BCUT2D eigenvalue weighted by Gasteiger charge is 2.35. The highest BCUT2D eigenvalue weighted by atomic mass is 16.5. The molecule has 1 amide bonds. The van der Waals surface area contributed by atoms with Crippen molar-refractivity contribution < 1.29 is 9.53 Å². The lowest BCUT2D eigenvalue weighted by atomic mass is 9.78. The number of amides is 1. The SMILES string of the molecule is CCn1cc(OCC(=O)N2CCC[C@@H]3CCCC[C@H]32)cn1. The molecule has 1 aromatic rings. The molecule has 5 nitrogen and oxygen atoms in total. The van der Waals surface area contributed by atoms with Gasteiger partial charge >= 0.3 is 0 Å². The number of rotatable bonds is 4. The van der Waals surface area contributed by atoms with Gasteiger partial charge in [-0.05, 0) is 38.5 Å². The molecular formula is C16H25N3O2. The molecule has 2 heterocycles. The fraction of sp³-hybridized carbons (Fsp3) is 0.750. The molecule has 0 unspecified atom stereocenters. The van der Waals surface area contributed by atoms with Gasteiger partial charge in [-0.15, -0.1) is 0 Å². The van der Waals surface area contributed by atoms with E-state index in [1.807, 2.05) is 13.1 Å². The van der Waals surface area contributed by atoms with E-state index in [1.165, 1.54) is 32.1 Å². The molecule has 3 rings (SSSR count). The summed E-state index contributed by atoms with van der Waals surface area (Å²) in [5.74, 6) is 1.54. The Morgan fingerprint density at radius 1 is 1.33 bits per heavy atom. The van der Waals surface area contributed by atoms with Gasteiger partial charge in [0.15, 0.2) is 12.4 Å². The number of fused-ring (bicyclic) bond motifs is 1. The van der Waals surface area contributed by atoms with E-state index in [0.717, 1.165) is 25.4 Å². The largest absolute Gasteiger partial charge is 0.480 e. The Bertz CT molecular complexity index is 484. The number of aryl methyl sites for hydroxylation is 1. The molecule has 0 aromatic carbocycles. The Morgan fingerprint density at radius 2 is 2.14 bits per heavy atom. The first-order chi connectivity index (χ1) is 10.3. The molecule has 0 spiro atoms. The van der Waals surface area contributed by atoms with Crippen LogP contribution in [0.15, 0.2) is 12.4 Å². The summed E-state index contributed by atoms with van der Waals surface area (Å²) < 4.78 is 7.41. The molecule has 116 valence electrons. The van der Waals surface area contributed by atoms with E-state index in [-0.39, 0.29) is 12.5 Å². The van der Waals surface area contributed by atoms with Crippen molar-refractivity contribution in [3.05, 3.63) is 12.4 Å². The number of ether oxygens (including phenoxy) is 1. The van der Waals surface area contributed by atoms with Gasteiger partial charge in [0.25, 0.3) is 5.91 Å². The van der Waals surface area contributed by atoms with Crippen LogP contribution < -0.4 is 4.74 Å². The maximum atomic E-state index is 12.5. The van der Waals surface area contributed by atoms with Crippen LogP contribution in [0.2, 0.25) is 0 Å². The molecule has 2 fully saturated rings. The van der Waals surface area contributed by atoms with E-state index in [9.17, 15) is 4.79 Å². The van der Waals surface area contributed by atoms with E-state index < -0.39 is 0 Å². The summed E-state index contributed by atoms with van der Waals surface area (Å²) in [6.07, 6.45) is 11.0. The molecule has 0 N–H and O–H groups in total. The summed E-state index contributed by atoms with van der Waals surface area (Å²) in [5.41, 5.74) is 0. The monoisotopic (exact) mass is 291 g/mol. The van der Waals surface area contributed by atoms with Crippen LogP contribution in [0.5, 0.6) is 5.75 Å². The van der Waals surface area contributed by atoms with Gasteiger partial charge in [-0.1, -0.05) is 12.8 Å². The summed E-state index contributed by atoms with van der Waals surface area (Å²) >= 11 is 0. The third-order valence-electron chi connectivity index (χ3n) is 4.86. The summed E-state index contributed by atoms with van der Waals surface area (Å²) in [5, 5.41) is 4.16. The Labute approximate surface area is 126 Å². The van der Waals surface area contributed by atoms with Crippen molar-refractivity contribution >= 4 is 5.91 Å². The van der Waals surface area contributed by atoms with Crippen LogP contribution in [-0.4, -0.2) is 39.8 Å². The van der Waals surface area contributed by atoms with Crippen molar-refractivity contribution in [2.24, 2.45) is 5.92 Å². The Hall–Kier alpha value is -1.52. The van der Waals surface area contributed by atoms with Gasteiger partial charge in [0.1, 0.15) is 0 Å². The maximum Gasteiger partial charge on any atom is 0.260 e. The van der Waals surface area contributed by atoms with Crippen molar-refractivity contribution in [3.8, 4) is 5.75 Å². The van der Waals surface area contributed by atoms with Crippen LogP contribution in [-0.2, 0) is 11.3 Å². The quantitative estimate of drug-likeness (QED) is 0.856. The predicted molar refractivity (Wildman–Crippen MR) is 80.1 cm³/mol. The topological polar surface area (TPSA) is 47.4 Å². The van der Waals surface area contributed by atoms with Crippen molar-refractivity contribution in [3.63, 3.8) is 0 Å². The van der Waals surface area contributed by atoms with Crippen molar-refractivity contribution in [1.82, 2.24) is 14.7 Å². The summed E-state index contributed by atoms with van der Waals surface area (Å²) in [7, 11) is 0. The summed E-state index contributed by atoms with van der Waals surface area (Å²) in [6, 6.07) is 0.460. The van der Waals surface area contributed by atoms with Crippen LogP contribution in [0.4, 0.5) is 0 Å². The standard InChI is InChI=1S/C16H25N3O2/c1-2-18-11-14(10-17-18)21-12-16(20)19-9-5-7-13-6-3-4-8-15(13)19/h10-11,13,15H,2-9,12H2,1H3/t13-,15+/m0/s1. The van der Waals surface area contributed by atoms with Crippen LogP contribution in [0, 0.1) is 5.92 Å². The van der Waals surface area contributed by atoms with Crippen molar-refractivity contribution in [2.75, 3.05) is 13.2 Å². The number of piperidine rings is 1. The van der Waals surface area contributed by atoms with Gasteiger partial charge in [0.2, 0.25) is 0 Å². The fourth-order valence-corrected chi connectivity index (χ4v) is 3.75. The van der Waals surface area contributed by atoms with Crippen LogP contribution in [0.3, 0.4) is 0 Å². The van der Waals surface area contributed by atoms with Gasteiger partial charge in [0.05, 0.1) is 12.4 Å². The third-order valence-corrected chi connectivity index (χ3v) is 4.86. The average Bonchev–Trinajstić information content (AvgIpc) is 3.00. The first kappa shape index (κ1) is 14.4. The molecule has 0 radical (unpaired) electrons. The Morgan fingerprint density at radius 3 is 2.95 bits per heavy atom. The number of hydrogen-bond donors (Lipinski definition) is 0. The molecule has 2 aliphatic rings. The van der Waals surface area contributed by atoms with Gasteiger partial charge in [-0.2, -0.15) is 5.10 Å². The average molecular weight is 291 g/mol. The zero-order chi connectivity index (χ0) is 14.7. The summed E-state index contributed by atoms with van der Waals surface area (Å²) in [6.45, 7) is 3.88. The Balaban J connectivity index is 1.56. The highest BCUT2D eigenvalue weighted by Crippen LogP contribution is 2.35. The molecule has 2 atom stereocenters. The molecular weight excluding hydrogens is 266 g/mol. The first-order valence-corrected chi connectivity index (χ1v) is 8.22. The second kappa shape index (κ2) is 6.50. The lowest BCUT2D eigenvalue weighted by molar-refractivity contribution is -0.139. The van der Waals surface area contributed by atoms with Gasteiger partial charge < -0.3 is 9.64 Å². The van der Waals surface area contributed by atoms with E-state index in [1.54, 1.807) is 10.9 Å². The molecule has 1 saturated carbocycles. The maximum absolute atomic E-state index is 12.5. The number of carbonyl (C=O) groups is 1. The van der Waals surface area contributed by atoms with E-state index in [4.69, 9.17) is 4.74 Å². The number of likely N-dealkylation sites (tertiary alicyclic amines) is 1. The zero-order valence-electron chi connectivity index (χ0n) is 12.8. The zero-order valence-corrected chi connectivity index (χ0v) is 12.8. The van der Waals surface area contributed by atoms with Crippen LogP contribution >= 0.6 is 0 Å². The molecule has 21 heavy (non-hydrogen) atoms. The third kappa shape index (κ3) is 3.22. The number of nitrogens with zero attached hydrogens (tertiary/aromatic N) is 3. The van der Waals surface area contributed by atoms with Crippen molar-refractivity contribution in [2.45, 2.75) is 58.0 Å². The first-order valence-electron chi connectivity index (χ1n) is 8.22. The predicted octanol–water partition coefficient (Wildman–Crippen LogP) is 2.46. The van der Waals surface area contributed by atoms with E-state index in [2.05, 4.69) is 10.00 Å². The smallest absolute Gasteiger partial charge is 0.260 e. The van der Waals surface area contributed by atoms with Crippen molar-refractivity contribution in [1.29, 1.82) is 0 Å². The van der Waals surface area contributed by atoms with E-state index in [0.29, 0.717) is 11.8 Å². The summed E-state index contributed by atoms with van der Waals surface area (Å²) in [4.78, 5) is 14.6. The Kier molecular flexibility index (Phi) is 4.46. The molecule has 0 bridgehead atoms. The molecule has 5 heteroatoms. The fourth-order valence-electron chi connectivity index (χ4n) is 3.75. The second-order valence-corrected chi connectivity index (χ2v) is 6.16. The normalized spacial score (nSPS) is 25.5.